The van der Waals surface area contributed by atoms with Gasteiger partial charge in [0.25, 0.3) is 0 Å². The summed E-state index contributed by atoms with van der Waals surface area (Å²) in [5, 5.41) is 13.3. The van der Waals surface area contributed by atoms with Crippen LogP contribution >= 0.6 is 11.6 Å². The number of hydrogen-bond acceptors (Lipinski definition) is 5. The Hall–Kier alpha value is -1.95. The molecule has 2 atom stereocenters. The van der Waals surface area contributed by atoms with Crippen molar-refractivity contribution in [2.75, 3.05) is 0 Å². The van der Waals surface area contributed by atoms with Crippen LogP contribution in [0.5, 0.6) is 0 Å². The molecule has 6 nitrogen and oxygen atoms in total. The summed E-state index contributed by atoms with van der Waals surface area (Å²) in [7, 11) is 0. The molecule has 0 aliphatic carbocycles. The van der Waals surface area contributed by atoms with E-state index in [4.69, 9.17) is 21.2 Å². The molecule has 1 N–H and O–H groups in total. The van der Waals surface area contributed by atoms with Crippen molar-refractivity contribution >= 4 is 17.6 Å². The van der Waals surface area contributed by atoms with Crippen LogP contribution in [0.25, 0.3) is 11.5 Å². The minimum absolute atomic E-state index is 0.279. The zero-order valence-electron chi connectivity index (χ0n) is 10.4. The molecule has 0 radical (unpaired) electrons. The van der Waals surface area contributed by atoms with E-state index in [0.29, 0.717) is 16.5 Å². The molecule has 0 aliphatic rings. The van der Waals surface area contributed by atoms with Gasteiger partial charge in [0.2, 0.25) is 11.7 Å². The van der Waals surface area contributed by atoms with Crippen LogP contribution in [0.1, 0.15) is 25.7 Å². The molecule has 2 aromatic rings. The molecule has 19 heavy (non-hydrogen) atoms. The summed E-state index contributed by atoms with van der Waals surface area (Å²) in [6.07, 6.45) is 1.48. The Morgan fingerprint density at radius 1 is 1.42 bits per heavy atom. The molecule has 0 bridgehead atoms. The summed E-state index contributed by atoms with van der Waals surface area (Å²) in [6.45, 7) is 3.32. The zero-order valence-corrected chi connectivity index (χ0v) is 11.1. The fraction of sp³-hybridized carbons (Fsp3) is 0.333. The maximum absolute atomic E-state index is 10.9. The fourth-order valence-corrected chi connectivity index (χ4v) is 1.57. The van der Waals surface area contributed by atoms with Crippen LogP contribution in [0.15, 0.2) is 22.9 Å². The van der Waals surface area contributed by atoms with Gasteiger partial charge in [0.05, 0.1) is 10.9 Å². The van der Waals surface area contributed by atoms with Gasteiger partial charge in [-0.15, -0.1) is 0 Å². The van der Waals surface area contributed by atoms with Gasteiger partial charge >= 0.3 is 5.97 Å². The number of carbonyl (C=O) groups is 1. The summed E-state index contributed by atoms with van der Waals surface area (Å²) >= 11 is 5.74. The third kappa shape index (κ3) is 2.90. The normalized spacial score (nSPS) is 14.1. The highest BCUT2D eigenvalue weighted by Crippen LogP contribution is 2.25. The van der Waals surface area contributed by atoms with Crippen molar-refractivity contribution in [3.63, 3.8) is 0 Å². The predicted octanol–water partition coefficient (Wildman–Crippen LogP) is 2.61. The van der Waals surface area contributed by atoms with E-state index in [1.54, 1.807) is 26.0 Å². The van der Waals surface area contributed by atoms with Crippen LogP contribution in [0, 0.1) is 5.92 Å². The maximum atomic E-state index is 10.9. The second-order valence-corrected chi connectivity index (χ2v) is 4.67. The van der Waals surface area contributed by atoms with E-state index in [0.717, 1.165) is 0 Å². The molecule has 0 aromatic carbocycles. The van der Waals surface area contributed by atoms with Crippen LogP contribution in [-0.2, 0) is 4.79 Å². The molecule has 0 amide bonds. The first kappa shape index (κ1) is 13.5. The highest BCUT2D eigenvalue weighted by Gasteiger charge is 2.26. The summed E-state index contributed by atoms with van der Waals surface area (Å²) < 4.78 is 5.08. The third-order valence-electron chi connectivity index (χ3n) is 2.93. The minimum Gasteiger partial charge on any atom is -0.481 e. The Labute approximate surface area is 114 Å². The molecule has 2 heterocycles. The van der Waals surface area contributed by atoms with Gasteiger partial charge in [-0.3, -0.25) is 9.78 Å². The lowest BCUT2D eigenvalue weighted by atomic mass is 9.96. The number of nitrogens with zero attached hydrogens (tertiary/aromatic N) is 3. The first-order chi connectivity index (χ1) is 8.99. The maximum Gasteiger partial charge on any atom is 0.307 e. The zero-order chi connectivity index (χ0) is 14.0. The van der Waals surface area contributed by atoms with E-state index >= 15 is 0 Å². The van der Waals surface area contributed by atoms with Gasteiger partial charge in [0, 0.05) is 12.1 Å². The van der Waals surface area contributed by atoms with Crippen molar-refractivity contribution in [3.05, 3.63) is 29.2 Å². The number of hydrogen-bond donors (Lipinski definition) is 1. The smallest absolute Gasteiger partial charge is 0.307 e. The van der Waals surface area contributed by atoms with Gasteiger partial charge in [0.1, 0.15) is 5.69 Å². The molecule has 0 fully saturated rings. The number of aromatic nitrogens is 3. The van der Waals surface area contributed by atoms with Gasteiger partial charge in [0.15, 0.2) is 0 Å². The second kappa shape index (κ2) is 5.36. The Morgan fingerprint density at radius 3 is 2.74 bits per heavy atom. The number of halogens is 1. The lowest BCUT2D eigenvalue weighted by Crippen LogP contribution is -2.16. The van der Waals surface area contributed by atoms with E-state index in [1.165, 1.54) is 6.20 Å². The Balaban J connectivity index is 2.24. The summed E-state index contributed by atoms with van der Waals surface area (Å²) in [4.78, 5) is 19.1. The quantitative estimate of drug-likeness (QED) is 0.926. The molecule has 2 unspecified atom stereocenters. The predicted molar refractivity (Wildman–Crippen MR) is 67.8 cm³/mol. The van der Waals surface area contributed by atoms with Crippen LogP contribution < -0.4 is 0 Å². The van der Waals surface area contributed by atoms with E-state index in [-0.39, 0.29) is 11.8 Å². The van der Waals surface area contributed by atoms with Crippen molar-refractivity contribution in [3.8, 4) is 11.5 Å². The third-order valence-corrected chi connectivity index (χ3v) is 3.15. The topological polar surface area (TPSA) is 89.1 Å². The standard InChI is InChI=1S/C12H12ClN3O3/c1-6(7(2)12(17)18)11-15-10(16-19-11)9-4-3-8(13)5-14-9/h3-7H,1-2H3,(H,17,18). The van der Waals surface area contributed by atoms with Crippen LogP contribution in [0.4, 0.5) is 0 Å². The molecular weight excluding hydrogens is 270 g/mol. The summed E-state index contributed by atoms with van der Waals surface area (Å²) in [6, 6.07) is 3.34. The highest BCUT2D eigenvalue weighted by molar-refractivity contribution is 6.30. The lowest BCUT2D eigenvalue weighted by molar-refractivity contribution is -0.141. The molecule has 100 valence electrons. The molecule has 7 heteroatoms. The van der Waals surface area contributed by atoms with E-state index in [2.05, 4.69) is 15.1 Å². The van der Waals surface area contributed by atoms with Gasteiger partial charge in [-0.1, -0.05) is 30.6 Å². The number of carboxylic acids is 1. The lowest BCUT2D eigenvalue weighted by Gasteiger charge is -2.10. The Morgan fingerprint density at radius 2 is 2.16 bits per heavy atom. The van der Waals surface area contributed by atoms with Crippen molar-refractivity contribution < 1.29 is 14.4 Å². The minimum atomic E-state index is -0.906. The van der Waals surface area contributed by atoms with Gasteiger partial charge in [-0.05, 0) is 12.1 Å². The van der Waals surface area contributed by atoms with Gasteiger partial charge in [-0.2, -0.15) is 4.98 Å². The largest absolute Gasteiger partial charge is 0.481 e. The number of carboxylic acid groups (broad SMARTS) is 1. The molecular formula is C12H12ClN3O3. The van der Waals surface area contributed by atoms with Crippen molar-refractivity contribution in [2.24, 2.45) is 5.92 Å². The van der Waals surface area contributed by atoms with E-state index in [9.17, 15) is 4.79 Å². The monoisotopic (exact) mass is 281 g/mol. The fourth-order valence-electron chi connectivity index (χ4n) is 1.46. The van der Waals surface area contributed by atoms with E-state index < -0.39 is 11.9 Å². The van der Waals surface area contributed by atoms with Crippen LogP contribution in [-0.4, -0.2) is 26.2 Å². The summed E-state index contributed by atoms with van der Waals surface area (Å²) in [5.41, 5.74) is 0.523. The van der Waals surface area contributed by atoms with Crippen molar-refractivity contribution in [1.29, 1.82) is 0 Å². The highest BCUT2D eigenvalue weighted by atomic mass is 35.5. The second-order valence-electron chi connectivity index (χ2n) is 4.23. The van der Waals surface area contributed by atoms with Gasteiger partial charge < -0.3 is 9.63 Å². The number of aliphatic carboxylic acids is 1. The first-order valence-electron chi connectivity index (χ1n) is 5.67. The molecule has 0 saturated heterocycles. The SMILES string of the molecule is CC(C(=O)O)C(C)c1nc(-c2ccc(Cl)cn2)no1. The molecule has 2 rings (SSSR count). The van der Waals surface area contributed by atoms with Crippen LogP contribution in [0.3, 0.4) is 0 Å². The van der Waals surface area contributed by atoms with Crippen molar-refractivity contribution in [1.82, 2.24) is 15.1 Å². The Bertz CT molecular complexity index is 582. The average molecular weight is 282 g/mol. The van der Waals surface area contributed by atoms with Crippen LogP contribution in [0.2, 0.25) is 5.02 Å². The first-order valence-corrected chi connectivity index (χ1v) is 6.05. The molecule has 0 spiro atoms. The number of rotatable bonds is 4. The Kier molecular flexibility index (Phi) is 3.80. The summed E-state index contributed by atoms with van der Waals surface area (Å²) in [5.74, 6) is -1.29. The van der Waals surface area contributed by atoms with E-state index in [1.807, 2.05) is 0 Å². The number of pyridine rings is 1. The average Bonchev–Trinajstić information content (AvgIpc) is 2.87. The molecule has 0 saturated carbocycles. The van der Waals surface area contributed by atoms with Crippen molar-refractivity contribution in [2.45, 2.75) is 19.8 Å². The van der Waals surface area contributed by atoms with Gasteiger partial charge in [-0.25, -0.2) is 0 Å². The molecule has 2 aromatic heterocycles. The molecule has 0 aliphatic heterocycles.